The van der Waals surface area contributed by atoms with Gasteiger partial charge in [-0.1, -0.05) is 48.5 Å². The van der Waals surface area contributed by atoms with Gasteiger partial charge in [-0.3, -0.25) is 14.4 Å². The van der Waals surface area contributed by atoms with E-state index in [9.17, 15) is 29.4 Å². The molecule has 0 spiro atoms. The summed E-state index contributed by atoms with van der Waals surface area (Å²) in [5.41, 5.74) is 9.63. The summed E-state index contributed by atoms with van der Waals surface area (Å²) >= 11 is 4.10. The van der Waals surface area contributed by atoms with Crippen LogP contribution in [0.5, 0.6) is 5.75 Å². The van der Waals surface area contributed by atoms with Crippen LogP contribution in [-0.2, 0) is 38.4 Å². The number of phenolic OH excluding ortho intramolecular Hbond substituents is 1. The number of carbonyl (C=O) groups is 4. The van der Waals surface area contributed by atoms with E-state index in [2.05, 4.69) is 38.5 Å². The van der Waals surface area contributed by atoms with E-state index in [1.165, 1.54) is 12.1 Å². The number of carbonyl (C=O) groups excluding carboxylic acids is 3. The summed E-state index contributed by atoms with van der Waals surface area (Å²) in [6, 6.07) is 16.3. The average Bonchev–Trinajstić information content (AvgIpc) is 3.68. The zero-order valence-electron chi connectivity index (χ0n) is 25.3. The highest BCUT2D eigenvalue weighted by molar-refractivity contribution is 7.80. The number of aliphatic carboxylic acids is 1. The van der Waals surface area contributed by atoms with Crippen molar-refractivity contribution in [1.29, 1.82) is 0 Å². The molecule has 9 N–H and O–H groups in total. The Morgan fingerprint density at radius 2 is 1.15 bits per heavy atom. The number of hydrogen-bond donors (Lipinski definition) is 9. The number of rotatable bonds is 14. The Balaban J connectivity index is 1.40. The van der Waals surface area contributed by atoms with Crippen molar-refractivity contribution in [1.82, 2.24) is 25.9 Å². The van der Waals surface area contributed by atoms with Crippen molar-refractivity contribution < 1.29 is 29.4 Å². The van der Waals surface area contributed by atoms with E-state index in [1.807, 2.05) is 48.5 Å². The average molecular weight is 657 g/mol. The van der Waals surface area contributed by atoms with E-state index in [1.54, 1.807) is 24.5 Å². The number of carboxylic acids is 1. The number of aromatic hydroxyl groups is 1. The van der Waals surface area contributed by atoms with Gasteiger partial charge in [0, 0.05) is 59.2 Å². The Morgan fingerprint density at radius 1 is 0.681 bits per heavy atom. The molecule has 244 valence electrons. The van der Waals surface area contributed by atoms with Crippen molar-refractivity contribution in [3.63, 3.8) is 0 Å². The number of thiol groups is 1. The molecule has 13 heteroatoms. The monoisotopic (exact) mass is 656 g/mol. The van der Waals surface area contributed by atoms with Crippen molar-refractivity contribution in [2.75, 3.05) is 5.75 Å². The van der Waals surface area contributed by atoms with E-state index in [4.69, 9.17) is 5.73 Å². The molecule has 0 radical (unpaired) electrons. The number of phenols is 1. The van der Waals surface area contributed by atoms with Gasteiger partial charge in [-0.2, -0.15) is 12.6 Å². The lowest BCUT2D eigenvalue weighted by molar-refractivity contribution is -0.142. The number of aromatic amines is 2. The van der Waals surface area contributed by atoms with Gasteiger partial charge in [0.05, 0.1) is 6.04 Å². The number of nitrogens with one attached hydrogen (secondary N) is 5. The van der Waals surface area contributed by atoms with Gasteiger partial charge in [0.15, 0.2) is 0 Å². The molecule has 0 bridgehead atoms. The minimum absolute atomic E-state index is 0.00811. The Morgan fingerprint density at radius 3 is 1.68 bits per heavy atom. The predicted octanol–water partition coefficient (Wildman–Crippen LogP) is 2.18. The van der Waals surface area contributed by atoms with Gasteiger partial charge in [-0.15, -0.1) is 0 Å². The van der Waals surface area contributed by atoms with Gasteiger partial charge in [0.1, 0.15) is 23.9 Å². The van der Waals surface area contributed by atoms with Crippen LogP contribution in [0.4, 0.5) is 0 Å². The topological polar surface area (TPSA) is 202 Å². The Bertz CT molecular complexity index is 1890. The number of carboxylic acid groups (broad SMARTS) is 1. The lowest BCUT2D eigenvalue weighted by Crippen LogP contribution is -2.58. The first kappa shape index (κ1) is 33.1. The highest BCUT2D eigenvalue weighted by atomic mass is 32.1. The number of benzene rings is 3. The molecular formula is C34H36N6O6S. The van der Waals surface area contributed by atoms with Crippen LogP contribution in [-0.4, -0.2) is 73.8 Å². The molecule has 2 aromatic heterocycles. The van der Waals surface area contributed by atoms with Crippen molar-refractivity contribution in [3.05, 3.63) is 102 Å². The van der Waals surface area contributed by atoms with Crippen LogP contribution in [0.3, 0.4) is 0 Å². The highest BCUT2D eigenvalue weighted by Gasteiger charge is 2.31. The molecule has 0 aliphatic rings. The Kier molecular flexibility index (Phi) is 10.5. The fraction of sp³-hybridized carbons (Fsp3) is 0.235. The predicted molar refractivity (Wildman–Crippen MR) is 181 cm³/mol. The fourth-order valence-electron chi connectivity index (χ4n) is 5.43. The van der Waals surface area contributed by atoms with Gasteiger partial charge in [0.25, 0.3) is 0 Å². The largest absolute Gasteiger partial charge is 0.508 e. The molecule has 0 aliphatic carbocycles. The summed E-state index contributed by atoms with van der Waals surface area (Å²) in [6.45, 7) is 0. The molecule has 5 aromatic rings. The third-order valence-electron chi connectivity index (χ3n) is 7.99. The number of fused-ring (bicyclic) bond motifs is 2. The number of aromatic nitrogens is 2. The Hall–Kier alpha value is -5.27. The zero-order valence-corrected chi connectivity index (χ0v) is 26.2. The second-order valence-corrected chi connectivity index (χ2v) is 11.7. The third kappa shape index (κ3) is 8.12. The summed E-state index contributed by atoms with van der Waals surface area (Å²) in [5, 5.41) is 29.5. The van der Waals surface area contributed by atoms with E-state index < -0.39 is 47.9 Å². The molecule has 5 rings (SSSR count). The van der Waals surface area contributed by atoms with Crippen LogP contribution < -0.4 is 21.7 Å². The van der Waals surface area contributed by atoms with Gasteiger partial charge in [-0.05, 0) is 41.0 Å². The molecule has 0 saturated heterocycles. The van der Waals surface area contributed by atoms with E-state index in [-0.39, 0.29) is 30.8 Å². The molecular weight excluding hydrogens is 620 g/mol. The standard InChI is InChI=1S/C34H36N6O6S/c35-25(18-47)31(42)38-29(14-20-16-36-26-7-3-1-5-23(20)26)33(44)39-28(13-19-9-11-22(41)12-10-19)32(43)40-30(34(45)46)15-21-17-37-27-8-4-2-6-24(21)27/h1-12,16-17,25,28-30,36-37,41,47H,13-15,18,35H2,(H,38,42)(H,39,44)(H,40,43)(H,45,46)/t25-,28-,29-,30-/m0/s1. The van der Waals surface area contributed by atoms with E-state index in [0.717, 1.165) is 27.4 Å². The minimum Gasteiger partial charge on any atom is -0.508 e. The summed E-state index contributed by atoms with van der Waals surface area (Å²) in [4.78, 5) is 59.1. The number of amides is 3. The fourth-order valence-corrected chi connectivity index (χ4v) is 5.60. The molecule has 47 heavy (non-hydrogen) atoms. The first-order chi connectivity index (χ1) is 22.6. The first-order valence-corrected chi connectivity index (χ1v) is 15.6. The van der Waals surface area contributed by atoms with Gasteiger partial charge in [0.2, 0.25) is 17.7 Å². The molecule has 4 atom stereocenters. The second kappa shape index (κ2) is 14.9. The molecule has 0 saturated carbocycles. The van der Waals surface area contributed by atoms with E-state index in [0.29, 0.717) is 11.1 Å². The molecule has 0 unspecified atom stereocenters. The summed E-state index contributed by atoms with van der Waals surface area (Å²) in [6.07, 6.45) is 3.49. The van der Waals surface area contributed by atoms with Crippen molar-refractivity contribution in [2.24, 2.45) is 5.73 Å². The number of nitrogens with two attached hydrogens (primary N) is 1. The van der Waals surface area contributed by atoms with Crippen LogP contribution in [0.15, 0.2) is 85.2 Å². The molecule has 3 amide bonds. The van der Waals surface area contributed by atoms with Crippen LogP contribution in [0.25, 0.3) is 21.8 Å². The molecule has 0 fully saturated rings. The maximum absolute atomic E-state index is 13.9. The minimum atomic E-state index is -1.31. The zero-order chi connectivity index (χ0) is 33.5. The third-order valence-corrected chi connectivity index (χ3v) is 8.38. The van der Waals surface area contributed by atoms with Crippen LogP contribution in [0.2, 0.25) is 0 Å². The first-order valence-electron chi connectivity index (χ1n) is 15.0. The summed E-state index contributed by atoms with van der Waals surface area (Å²) in [7, 11) is 0. The van der Waals surface area contributed by atoms with Crippen LogP contribution >= 0.6 is 12.6 Å². The van der Waals surface area contributed by atoms with Crippen molar-refractivity contribution in [2.45, 2.75) is 43.4 Å². The quantitative estimate of drug-likeness (QED) is 0.0815. The lowest BCUT2D eigenvalue weighted by Gasteiger charge is -2.25. The van der Waals surface area contributed by atoms with Gasteiger partial charge in [-0.25, -0.2) is 4.79 Å². The van der Waals surface area contributed by atoms with Gasteiger partial charge < -0.3 is 41.9 Å². The number of H-pyrrole nitrogens is 2. The van der Waals surface area contributed by atoms with Crippen LogP contribution in [0, 0.1) is 0 Å². The maximum Gasteiger partial charge on any atom is 0.326 e. The molecule has 2 heterocycles. The van der Waals surface area contributed by atoms with Gasteiger partial charge >= 0.3 is 5.97 Å². The number of hydrogen-bond acceptors (Lipinski definition) is 7. The smallest absolute Gasteiger partial charge is 0.326 e. The summed E-state index contributed by atoms with van der Waals surface area (Å²) < 4.78 is 0. The SMILES string of the molecule is N[C@@H](CS)C(=O)N[C@@H](Cc1c[nH]c2ccccc12)C(=O)N[C@@H](Cc1ccc(O)cc1)C(=O)N[C@@H](Cc1c[nH]c2ccccc12)C(=O)O. The highest BCUT2D eigenvalue weighted by Crippen LogP contribution is 2.21. The van der Waals surface area contributed by atoms with Crippen molar-refractivity contribution in [3.8, 4) is 5.75 Å². The number of para-hydroxylation sites is 2. The normalized spacial score (nSPS) is 13.8. The maximum atomic E-state index is 13.9. The van der Waals surface area contributed by atoms with Crippen molar-refractivity contribution >= 4 is 58.1 Å². The second-order valence-electron chi connectivity index (χ2n) is 11.3. The van der Waals surface area contributed by atoms with Crippen LogP contribution in [0.1, 0.15) is 16.7 Å². The van der Waals surface area contributed by atoms with E-state index >= 15 is 0 Å². The summed E-state index contributed by atoms with van der Waals surface area (Å²) in [5.74, 6) is -3.18. The molecule has 3 aromatic carbocycles. The Labute approximate surface area is 275 Å². The lowest BCUT2D eigenvalue weighted by atomic mass is 10.0. The molecule has 12 nitrogen and oxygen atoms in total. The molecule has 0 aliphatic heterocycles.